The van der Waals surface area contributed by atoms with E-state index in [2.05, 4.69) is 15.6 Å². The molecule has 0 fully saturated rings. The van der Waals surface area contributed by atoms with Crippen molar-refractivity contribution in [1.82, 2.24) is 10.6 Å². The van der Waals surface area contributed by atoms with Gasteiger partial charge in [-0.1, -0.05) is 18.2 Å². The molecule has 2 heterocycles. The van der Waals surface area contributed by atoms with E-state index in [1.165, 1.54) is 5.56 Å². The second kappa shape index (κ2) is 11.1. The maximum Gasteiger partial charge on any atom is 0.265 e. The number of aliphatic imine (C=N–C) groups is 1. The van der Waals surface area contributed by atoms with Crippen LogP contribution in [0.5, 0.6) is 17.2 Å². The topological polar surface area (TPSA) is 84.4 Å². The Morgan fingerprint density at radius 3 is 2.71 bits per heavy atom. The zero-order valence-electron chi connectivity index (χ0n) is 17.4. The molecule has 4 rings (SSSR count). The van der Waals surface area contributed by atoms with Crippen molar-refractivity contribution in [1.29, 1.82) is 0 Å². The van der Waals surface area contributed by atoms with Crippen LogP contribution in [0.2, 0.25) is 0 Å². The number of nitrogens with one attached hydrogen (secondary N) is 2. The maximum absolute atomic E-state index is 12.2. The van der Waals surface area contributed by atoms with E-state index in [9.17, 15) is 4.79 Å². The summed E-state index contributed by atoms with van der Waals surface area (Å²) in [7, 11) is 1.75. The van der Waals surface area contributed by atoms with Crippen molar-refractivity contribution in [3.8, 4) is 17.2 Å². The zero-order valence-corrected chi connectivity index (χ0v) is 19.8. The fourth-order valence-corrected chi connectivity index (χ4v) is 3.49. The molecule has 2 N–H and O–H groups in total. The van der Waals surface area contributed by atoms with Crippen molar-refractivity contribution < 1.29 is 19.0 Å². The number of halogens is 1. The minimum Gasteiger partial charge on any atom is -0.482 e. The molecule has 2 aromatic rings. The first-order valence-corrected chi connectivity index (χ1v) is 10.1. The molecular formula is C22H27IN4O4. The van der Waals surface area contributed by atoms with Crippen LogP contribution in [0.15, 0.2) is 47.5 Å². The summed E-state index contributed by atoms with van der Waals surface area (Å²) in [6.07, 6.45) is 1.64. The lowest BCUT2D eigenvalue weighted by Crippen LogP contribution is -2.42. The number of hydrogen-bond acceptors (Lipinski definition) is 5. The van der Waals surface area contributed by atoms with Crippen molar-refractivity contribution in [2.45, 2.75) is 12.8 Å². The number of carbonyl (C=O) groups excluding carboxylic acids is 1. The van der Waals surface area contributed by atoms with E-state index in [4.69, 9.17) is 14.2 Å². The van der Waals surface area contributed by atoms with Crippen molar-refractivity contribution >= 4 is 41.5 Å². The molecular weight excluding hydrogens is 511 g/mol. The van der Waals surface area contributed by atoms with Crippen LogP contribution in [0.25, 0.3) is 0 Å². The molecule has 2 aliphatic rings. The Bertz CT molecular complexity index is 937. The highest BCUT2D eigenvalue weighted by Crippen LogP contribution is 2.33. The van der Waals surface area contributed by atoms with Crippen LogP contribution < -0.4 is 29.7 Å². The van der Waals surface area contributed by atoms with Crippen LogP contribution in [-0.4, -0.2) is 51.9 Å². The third-order valence-electron chi connectivity index (χ3n) is 5.03. The number of guanidine groups is 1. The van der Waals surface area contributed by atoms with Gasteiger partial charge in [-0.2, -0.15) is 0 Å². The number of carbonyl (C=O) groups is 1. The first-order valence-electron chi connectivity index (χ1n) is 10.1. The van der Waals surface area contributed by atoms with Gasteiger partial charge in [0.05, 0.1) is 5.69 Å². The van der Waals surface area contributed by atoms with Crippen molar-refractivity contribution in [3.05, 3.63) is 48.0 Å². The number of nitrogens with zero attached hydrogens (tertiary/aromatic N) is 2. The number of fused-ring (bicyclic) bond motifs is 2. The number of amides is 1. The molecule has 2 aliphatic heterocycles. The third-order valence-corrected chi connectivity index (χ3v) is 5.03. The first kappa shape index (κ1) is 23.0. The van der Waals surface area contributed by atoms with E-state index < -0.39 is 0 Å². The van der Waals surface area contributed by atoms with Gasteiger partial charge >= 0.3 is 0 Å². The smallest absolute Gasteiger partial charge is 0.265 e. The molecule has 0 radical (unpaired) electrons. The van der Waals surface area contributed by atoms with Gasteiger partial charge in [-0.25, -0.2) is 0 Å². The highest BCUT2D eigenvalue weighted by atomic mass is 127. The summed E-state index contributed by atoms with van der Waals surface area (Å²) in [5.41, 5.74) is 2.01. The maximum atomic E-state index is 12.2. The van der Waals surface area contributed by atoms with Crippen LogP contribution in [0.1, 0.15) is 12.0 Å². The first-order chi connectivity index (χ1) is 14.7. The molecule has 166 valence electrons. The van der Waals surface area contributed by atoms with Gasteiger partial charge < -0.3 is 29.7 Å². The summed E-state index contributed by atoms with van der Waals surface area (Å²) < 4.78 is 16.2. The molecule has 0 saturated carbocycles. The minimum absolute atomic E-state index is 0. The van der Waals surface area contributed by atoms with Gasteiger partial charge in [0.25, 0.3) is 5.91 Å². The van der Waals surface area contributed by atoms with Gasteiger partial charge in [-0.15, -0.1) is 24.0 Å². The van der Waals surface area contributed by atoms with Crippen molar-refractivity contribution in [3.63, 3.8) is 0 Å². The van der Waals surface area contributed by atoms with Crippen LogP contribution in [0.4, 0.5) is 5.69 Å². The molecule has 0 aromatic heterocycles. The number of para-hydroxylation sites is 2. The van der Waals surface area contributed by atoms with Crippen LogP contribution in [0.3, 0.4) is 0 Å². The van der Waals surface area contributed by atoms with Crippen molar-refractivity contribution in [2.24, 2.45) is 4.99 Å². The molecule has 0 atom stereocenters. The fraction of sp³-hybridized carbons (Fsp3) is 0.364. The Kier molecular flexibility index (Phi) is 8.21. The molecule has 0 spiro atoms. The van der Waals surface area contributed by atoms with Crippen LogP contribution in [0, 0.1) is 0 Å². The summed E-state index contributed by atoms with van der Waals surface area (Å²) in [5, 5.41) is 6.62. The Labute approximate surface area is 199 Å². The zero-order chi connectivity index (χ0) is 20.8. The van der Waals surface area contributed by atoms with Gasteiger partial charge in [0, 0.05) is 26.7 Å². The molecule has 8 nitrogen and oxygen atoms in total. The lowest BCUT2D eigenvalue weighted by Gasteiger charge is -2.29. The average Bonchev–Trinajstić information content (AvgIpc) is 3.24. The summed E-state index contributed by atoms with van der Waals surface area (Å²) in [4.78, 5) is 18.3. The van der Waals surface area contributed by atoms with Gasteiger partial charge in [0.2, 0.25) is 6.79 Å². The molecule has 0 saturated heterocycles. The van der Waals surface area contributed by atoms with E-state index in [1.54, 1.807) is 11.9 Å². The molecule has 0 aliphatic carbocycles. The molecule has 0 unspecified atom stereocenters. The Morgan fingerprint density at radius 1 is 1.03 bits per heavy atom. The van der Waals surface area contributed by atoms with Crippen molar-refractivity contribution in [2.75, 3.05) is 45.0 Å². The van der Waals surface area contributed by atoms with Gasteiger partial charge in [0.15, 0.2) is 24.1 Å². The normalized spacial score (nSPS) is 14.4. The minimum atomic E-state index is -0.0140. The third kappa shape index (κ3) is 5.72. The number of hydrogen-bond donors (Lipinski definition) is 2. The Hall–Kier alpha value is -2.69. The Morgan fingerprint density at radius 2 is 1.84 bits per heavy atom. The molecule has 2 aromatic carbocycles. The average molecular weight is 538 g/mol. The fourth-order valence-electron chi connectivity index (χ4n) is 3.49. The standard InChI is InChI=1S/C22H26N4O4.HI/c1-23-22(25-11-9-16-7-8-19-20(13-16)30-15-29-19)24-10-4-12-26-17-5-2-3-6-18(17)28-14-21(26)27;/h2-3,5-8,13H,4,9-12,14-15H2,1H3,(H2,23,24,25);1H. The lowest BCUT2D eigenvalue weighted by molar-refractivity contribution is -0.121. The van der Waals surface area contributed by atoms with Crippen LogP contribution in [-0.2, 0) is 11.2 Å². The number of benzene rings is 2. The van der Waals surface area contributed by atoms with E-state index in [1.807, 2.05) is 42.5 Å². The number of anilines is 1. The second-order valence-corrected chi connectivity index (χ2v) is 7.02. The van der Waals surface area contributed by atoms with E-state index >= 15 is 0 Å². The molecule has 1 amide bonds. The lowest BCUT2D eigenvalue weighted by atomic mass is 10.1. The summed E-state index contributed by atoms with van der Waals surface area (Å²) in [6, 6.07) is 13.6. The second-order valence-electron chi connectivity index (χ2n) is 7.02. The highest BCUT2D eigenvalue weighted by molar-refractivity contribution is 14.0. The highest BCUT2D eigenvalue weighted by Gasteiger charge is 2.24. The van der Waals surface area contributed by atoms with Gasteiger partial charge in [0.1, 0.15) is 5.75 Å². The molecule has 31 heavy (non-hydrogen) atoms. The molecule has 0 bridgehead atoms. The van der Waals surface area contributed by atoms with E-state index in [-0.39, 0.29) is 43.3 Å². The Balaban J connectivity index is 0.00000272. The SMILES string of the molecule is CN=C(NCCCN1C(=O)COc2ccccc21)NCCc1ccc2c(c1)OCO2.I. The van der Waals surface area contributed by atoms with Gasteiger partial charge in [-0.3, -0.25) is 9.79 Å². The van der Waals surface area contributed by atoms with Gasteiger partial charge in [-0.05, 0) is 42.7 Å². The summed E-state index contributed by atoms with van der Waals surface area (Å²) >= 11 is 0. The van der Waals surface area contributed by atoms with E-state index in [0.29, 0.717) is 13.1 Å². The predicted octanol–water partition coefficient (Wildman–Crippen LogP) is 2.56. The quantitative estimate of drug-likeness (QED) is 0.244. The predicted molar refractivity (Wildman–Crippen MR) is 130 cm³/mol. The molecule has 9 heteroatoms. The summed E-state index contributed by atoms with van der Waals surface area (Å²) in [6.45, 7) is 2.45. The summed E-state index contributed by atoms with van der Waals surface area (Å²) in [5.74, 6) is 3.08. The van der Waals surface area contributed by atoms with E-state index in [0.717, 1.165) is 48.3 Å². The number of ether oxygens (including phenoxy) is 3. The number of rotatable bonds is 7. The van der Waals surface area contributed by atoms with Crippen LogP contribution >= 0.6 is 24.0 Å². The monoisotopic (exact) mass is 538 g/mol. The largest absolute Gasteiger partial charge is 0.482 e.